The number of rotatable bonds is 6. The monoisotopic (exact) mass is 230 g/mol. The predicted octanol–water partition coefficient (Wildman–Crippen LogP) is 1.25. The third-order valence-electron chi connectivity index (χ3n) is 1.18. The molecule has 0 aromatic carbocycles. The molecular weight excluding hydrogens is 215 g/mol. The summed E-state index contributed by atoms with van der Waals surface area (Å²) in [5, 5.41) is 0. The van der Waals surface area contributed by atoms with Gasteiger partial charge in [-0.1, -0.05) is 6.92 Å². The summed E-state index contributed by atoms with van der Waals surface area (Å²) in [5.41, 5.74) is 0. The number of hydrogen-bond acceptors (Lipinski definition) is 5. The van der Waals surface area contributed by atoms with Gasteiger partial charge < -0.3 is 4.52 Å². The van der Waals surface area contributed by atoms with Crippen molar-refractivity contribution in [2.75, 3.05) is 25.0 Å². The van der Waals surface area contributed by atoms with Crippen molar-refractivity contribution >= 4 is 17.4 Å². The summed E-state index contributed by atoms with van der Waals surface area (Å²) in [5.74, 6) is -0.557. The minimum absolute atomic E-state index is 0.177. The first-order chi connectivity index (χ1) is 5.83. The lowest BCUT2D eigenvalue weighted by Gasteiger charge is -2.14. The van der Waals surface area contributed by atoms with Gasteiger partial charge in [0.25, 0.3) is 0 Å². The van der Waals surface area contributed by atoms with Crippen LogP contribution in [-0.4, -0.2) is 33.4 Å². The van der Waals surface area contributed by atoms with Crippen LogP contribution >= 0.6 is 7.60 Å². The Labute approximate surface area is 78.9 Å². The molecular formula is C6H15O5PS. The Morgan fingerprint density at radius 2 is 1.77 bits per heavy atom. The molecule has 1 unspecified atom stereocenters. The molecule has 1 atom stereocenters. The lowest BCUT2D eigenvalue weighted by molar-refractivity contribution is 0.236. The molecule has 0 radical (unpaired) electrons. The average Bonchev–Trinajstić information content (AvgIpc) is 2.01. The smallest absolute Gasteiger partial charge is 0.309 e. The first-order valence-corrected chi connectivity index (χ1v) is 7.67. The van der Waals surface area contributed by atoms with Crippen LogP contribution in [0.25, 0.3) is 0 Å². The fourth-order valence-corrected chi connectivity index (χ4v) is 2.83. The van der Waals surface area contributed by atoms with Crippen molar-refractivity contribution in [2.24, 2.45) is 0 Å². The van der Waals surface area contributed by atoms with Crippen molar-refractivity contribution < 1.29 is 22.0 Å². The maximum absolute atomic E-state index is 11.5. The molecule has 0 aromatic rings. The molecule has 0 spiro atoms. The third kappa shape index (κ3) is 6.21. The second-order valence-corrected chi connectivity index (χ2v) is 6.98. The van der Waals surface area contributed by atoms with Gasteiger partial charge in [-0.15, -0.1) is 0 Å². The SMILES string of the molecule is CCOP(=O)(CC)OCS(C)(=O)=O. The Morgan fingerprint density at radius 1 is 1.23 bits per heavy atom. The number of hydrogen-bond donors (Lipinski definition) is 0. The van der Waals surface area contributed by atoms with Gasteiger partial charge in [-0.2, -0.15) is 0 Å². The average molecular weight is 230 g/mol. The van der Waals surface area contributed by atoms with Crippen molar-refractivity contribution in [3.63, 3.8) is 0 Å². The van der Waals surface area contributed by atoms with E-state index in [9.17, 15) is 13.0 Å². The van der Waals surface area contributed by atoms with Gasteiger partial charge in [0.05, 0.1) is 6.61 Å². The van der Waals surface area contributed by atoms with E-state index in [0.717, 1.165) is 6.26 Å². The van der Waals surface area contributed by atoms with Crippen LogP contribution in [0.15, 0.2) is 0 Å². The zero-order chi connectivity index (χ0) is 10.5. The summed E-state index contributed by atoms with van der Waals surface area (Å²) >= 11 is 0. The van der Waals surface area contributed by atoms with Crippen molar-refractivity contribution in [1.29, 1.82) is 0 Å². The topological polar surface area (TPSA) is 69.7 Å². The van der Waals surface area contributed by atoms with Gasteiger partial charge in [-0.3, -0.25) is 9.09 Å². The van der Waals surface area contributed by atoms with Gasteiger partial charge in [0, 0.05) is 12.4 Å². The highest BCUT2D eigenvalue weighted by atomic mass is 32.2. The van der Waals surface area contributed by atoms with Crippen molar-refractivity contribution in [2.45, 2.75) is 13.8 Å². The normalized spacial score (nSPS) is 16.8. The molecule has 0 fully saturated rings. The van der Waals surface area contributed by atoms with Crippen LogP contribution in [-0.2, 0) is 23.4 Å². The van der Waals surface area contributed by atoms with E-state index in [0.29, 0.717) is 0 Å². The van der Waals surface area contributed by atoms with E-state index in [1.807, 2.05) is 0 Å². The van der Waals surface area contributed by atoms with Crippen molar-refractivity contribution in [3.05, 3.63) is 0 Å². The van der Waals surface area contributed by atoms with E-state index in [1.165, 1.54) is 0 Å². The highest BCUT2D eigenvalue weighted by Crippen LogP contribution is 2.47. The molecule has 0 saturated heterocycles. The minimum Gasteiger partial charge on any atom is -0.309 e. The van der Waals surface area contributed by atoms with E-state index >= 15 is 0 Å². The largest absolute Gasteiger partial charge is 0.331 e. The lowest BCUT2D eigenvalue weighted by Crippen LogP contribution is -2.08. The summed E-state index contributed by atoms with van der Waals surface area (Å²) in [6.45, 7) is 3.54. The van der Waals surface area contributed by atoms with Crippen LogP contribution in [0.3, 0.4) is 0 Å². The molecule has 0 aromatic heterocycles. The maximum atomic E-state index is 11.5. The molecule has 0 rings (SSSR count). The fourth-order valence-electron chi connectivity index (χ4n) is 0.593. The molecule has 5 nitrogen and oxygen atoms in total. The molecule has 0 aliphatic carbocycles. The molecule has 0 saturated carbocycles. The van der Waals surface area contributed by atoms with E-state index in [1.54, 1.807) is 13.8 Å². The lowest BCUT2D eigenvalue weighted by atomic mass is 10.9. The predicted molar refractivity (Wildman–Crippen MR) is 50.6 cm³/mol. The van der Waals surface area contributed by atoms with Gasteiger partial charge in [0.2, 0.25) is 0 Å². The standard InChI is InChI=1S/C6H15O5PS/c1-4-10-12(7,5-2)11-6-13(3,8)9/h4-6H2,1-3H3. The van der Waals surface area contributed by atoms with Crippen LogP contribution < -0.4 is 0 Å². The molecule has 0 heterocycles. The maximum Gasteiger partial charge on any atom is 0.331 e. The first kappa shape index (κ1) is 13.1. The van der Waals surface area contributed by atoms with Gasteiger partial charge in [-0.25, -0.2) is 8.42 Å². The molecule has 13 heavy (non-hydrogen) atoms. The van der Waals surface area contributed by atoms with Crippen LogP contribution in [0.4, 0.5) is 0 Å². The van der Waals surface area contributed by atoms with E-state index in [4.69, 9.17) is 9.05 Å². The van der Waals surface area contributed by atoms with Gasteiger partial charge in [0.1, 0.15) is 0 Å². The van der Waals surface area contributed by atoms with Gasteiger partial charge in [-0.05, 0) is 6.92 Å². The van der Waals surface area contributed by atoms with Crippen molar-refractivity contribution in [1.82, 2.24) is 0 Å². The second kappa shape index (κ2) is 5.10. The number of sulfone groups is 1. The van der Waals surface area contributed by atoms with Crippen LogP contribution in [0.5, 0.6) is 0 Å². The molecule has 7 heteroatoms. The Kier molecular flexibility index (Phi) is 5.14. The first-order valence-electron chi connectivity index (χ1n) is 3.89. The third-order valence-corrected chi connectivity index (χ3v) is 3.85. The van der Waals surface area contributed by atoms with Crippen LogP contribution in [0.1, 0.15) is 13.8 Å². The Balaban J connectivity index is 4.22. The Morgan fingerprint density at radius 3 is 2.08 bits per heavy atom. The molecule has 0 N–H and O–H groups in total. The van der Waals surface area contributed by atoms with Crippen LogP contribution in [0.2, 0.25) is 0 Å². The van der Waals surface area contributed by atoms with E-state index in [-0.39, 0.29) is 12.8 Å². The molecule has 0 amide bonds. The highest BCUT2D eigenvalue weighted by Gasteiger charge is 2.22. The zero-order valence-electron chi connectivity index (χ0n) is 8.02. The summed E-state index contributed by atoms with van der Waals surface area (Å²) in [6, 6.07) is 0. The van der Waals surface area contributed by atoms with Gasteiger partial charge in [0.15, 0.2) is 15.8 Å². The minimum atomic E-state index is -3.26. The summed E-state index contributed by atoms with van der Waals surface area (Å²) in [6.07, 6.45) is 1.19. The molecule has 0 bridgehead atoms. The second-order valence-electron chi connectivity index (χ2n) is 2.52. The summed E-state index contributed by atoms with van der Waals surface area (Å²) in [4.78, 5) is 0. The Bertz CT molecular complexity index is 283. The van der Waals surface area contributed by atoms with E-state index < -0.39 is 23.4 Å². The molecule has 0 aliphatic rings. The molecule has 0 aliphatic heterocycles. The Hall–Kier alpha value is 0.100. The van der Waals surface area contributed by atoms with Crippen molar-refractivity contribution in [3.8, 4) is 0 Å². The summed E-state index contributed by atoms with van der Waals surface area (Å²) < 4.78 is 42.5. The quantitative estimate of drug-likeness (QED) is 0.642. The fraction of sp³-hybridized carbons (Fsp3) is 1.00. The van der Waals surface area contributed by atoms with E-state index in [2.05, 4.69) is 0 Å². The highest BCUT2D eigenvalue weighted by molar-refractivity contribution is 7.90. The zero-order valence-corrected chi connectivity index (χ0v) is 9.73. The van der Waals surface area contributed by atoms with Crippen LogP contribution in [0, 0.1) is 0 Å². The molecule has 80 valence electrons. The summed E-state index contributed by atoms with van der Waals surface area (Å²) in [7, 11) is -6.44. The van der Waals surface area contributed by atoms with Gasteiger partial charge >= 0.3 is 7.60 Å².